The van der Waals surface area contributed by atoms with Crippen LogP contribution in [0.15, 0.2) is 30.5 Å². The van der Waals surface area contributed by atoms with E-state index in [4.69, 9.17) is 19.0 Å². The van der Waals surface area contributed by atoms with E-state index in [-0.39, 0.29) is 31.6 Å². The number of nitrogens with zero attached hydrogens (tertiary/aromatic N) is 3. The second kappa shape index (κ2) is 9.25. The van der Waals surface area contributed by atoms with E-state index >= 15 is 0 Å². The van der Waals surface area contributed by atoms with Gasteiger partial charge in [0.1, 0.15) is 6.61 Å². The van der Waals surface area contributed by atoms with E-state index in [0.717, 1.165) is 11.8 Å². The number of anilines is 1. The molecule has 10 heteroatoms. The SMILES string of the molecule is CCOP(=O)(Nc1nc(OCc2cccc(C#N)c2)ncc1F)OCC. The van der Waals surface area contributed by atoms with Gasteiger partial charge in [-0.25, -0.2) is 13.9 Å². The summed E-state index contributed by atoms with van der Waals surface area (Å²) < 4.78 is 41.9. The summed E-state index contributed by atoms with van der Waals surface area (Å²) in [6, 6.07) is 8.70. The van der Waals surface area contributed by atoms with Gasteiger partial charge in [0.05, 0.1) is 31.0 Å². The Morgan fingerprint density at radius 2 is 2.04 bits per heavy atom. The predicted molar refractivity (Wildman–Crippen MR) is 92.0 cm³/mol. The summed E-state index contributed by atoms with van der Waals surface area (Å²) in [5, 5.41) is 11.2. The summed E-state index contributed by atoms with van der Waals surface area (Å²) in [4.78, 5) is 7.60. The maximum Gasteiger partial charge on any atom is 0.433 e. The smallest absolute Gasteiger partial charge is 0.433 e. The van der Waals surface area contributed by atoms with E-state index in [1.807, 2.05) is 6.07 Å². The van der Waals surface area contributed by atoms with E-state index in [0.29, 0.717) is 5.56 Å². The fraction of sp³-hybridized carbons (Fsp3) is 0.312. The molecule has 0 aliphatic carbocycles. The summed E-state index contributed by atoms with van der Waals surface area (Å²) in [5.74, 6) is -1.19. The molecule has 8 nitrogen and oxygen atoms in total. The molecule has 0 spiro atoms. The number of hydrogen-bond donors (Lipinski definition) is 1. The fourth-order valence-corrected chi connectivity index (χ4v) is 3.25. The van der Waals surface area contributed by atoms with Crippen molar-refractivity contribution in [2.75, 3.05) is 18.3 Å². The van der Waals surface area contributed by atoms with Crippen molar-refractivity contribution in [1.82, 2.24) is 9.97 Å². The molecule has 0 radical (unpaired) electrons. The van der Waals surface area contributed by atoms with Crippen molar-refractivity contribution in [3.63, 3.8) is 0 Å². The normalized spacial score (nSPS) is 11.0. The van der Waals surface area contributed by atoms with Gasteiger partial charge in [-0.2, -0.15) is 10.2 Å². The summed E-state index contributed by atoms with van der Waals surface area (Å²) in [6.07, 6.45) is 0.887. The van der Waals surface area contributed by atoms with E-state index in [1.54, 1.807) is 38.1 Å². The highest BCUT2D eigenvalue weighted by molar-refractivity contribution is 7.55. The summed E-state index contributed by atoms with van der Waals surface area (Å²) in [5.41, 5.74) is 1.21. The molecule has 0 atom stereocenters. The number of ether oxygens (including phenoxy) is 1. The van der Waals surface area contributed by atoms with Crippen LogP contribution in [0.4, 0.5) is 10.2 Å². The van der Waals surface area contributed by atoms with Crippen molar-refractivity contribution in [3.8, 4) is 12.1 Å². The lowest BCUT2D eigenvalue weighted by atomic mass is 10.1. The highest BCUT2D eigenvalue weighted by Gasteiger charge is 2.26. The Hall–Kier alpha value is -2.53. The Kier molecular flexibility index (Phi) is 7.04. The van der Waals surface area contributed by atoms with Crippen LogP contribution in [0.25, 0.3) is 0 Å². The lowest BCUT2D eigenvalue weighted by Gasteiger charge is -2.18. The second-order valence-corrected chi connectivity index (χ2v) is 6.63. The molecule has 26 heavy (non-hydrogen) atoms. The Bertz CT molecular complexity index is 833. The quantitative estimate of drug-likeness (QED) is 0.657. The average Bonchev–Trinajstić information content (AvgIpc) is 2.63. The number of rotatable bonds is 9. The molecule has 2 rings (SSSR count). The summed E-state index contributed by atoms with van der Waals surface area (Å²) in [7, 11) is -3.75. The van der Waals surface area contributed by atoms with Crippen LogP contribution >= 0.6 is 7.75 Å². The zero-order valence-corrected chi connectivity index (χ0v) is 15.2. The van der Waals surface area contributed by atoms with Crippen LogP contribution in [0.3, 0.4) is 0 Å². The molecule has 0 saturated heterocycles. The first-order valence-electron chi connectivity index (χ1n) is 7.81. The molecule has 0 amide bonds. The largest absolute Gasteiger partial charge is 0.459 e. The minimum atomic E-state index is -3.75. The van der Waals surface area contributed by atoms with E-state index < -0.39 is 13.6 Å². The lowest BCUT2D eigenvalue weighted by Crippen LogP contribution is -2.09. The van der Waals surface area contributed by atoms with Crippen molar-refractivity contribution in [1.29, 1.82) is 5.26 Å². The standard InChI is InChI=1S/C16H18FN4O4P/c1-3-24-26(22,25-4-2)21-15-14(17)10-19-16(20-15)23-11-13-7-5-6-12(8-13)9-18/h5-8,10H,3-4,11H2,1-2H3,(H,19,20,21,22). The van der Waals surface area contributed by atoms with E-state index in [1.165, 1.54) is 0 Å². The van der Waals surface area contributed by atoms with Crippen LogP contribution in [-0.2, 0) is 20.2 Å². The van der Waals surface area contributed by atoms with Crippen LogP contribution in [0.2, 0.25) is 0 Å². The third-order valence-electron chi connectivity index (χ3n) is 2.99. The van der Waals surface area contributed by atoms with Gasteiger partial charge in [-0.3, -0.25) is 14.1 Å². The van der Waals surface area contributed by atoms with Gasteiger partial charge < -0.3 is 4.74 Å². The van der Waals surface area contributed by atoms with Crippen LogP contribution in [0.1, 0.15) is 25.0 Å². The minimum Gasteiger partial charge on any atom is -0.459 e. The van der Waals surface area contributed by atoms with Gasteiger partial charge in [0.15, 0.2) is 11.6 Å². The predicted octanol–water partition coefficient (Wildman–Crippen LogP) is 3.66. The topological polar surface area (TPSA) is 106 Å². The monoisotopic (exact) mass is 380 g/mol. The van der Waals surface area contributed by atoms with Crippen LogP contribution < -0.4 is 9.82 Å². The number of benzene rings is 1. The first-order chi connectivity index (χ1) is 12.5. The lowest BCUT2D eigenvalue weighted by molar-refractivity contribution is 0.224. The third-order valence-corrected chi connectivity index (χ3v) is 4.67. The highest BCUT2D eigenvalue weighted by atomic mass is 31.2. The molecule has 0 saturated carbocycles. The maximum atomic E-state index is 13.9. The molecule has 0 unspecified atom stereocenters. The molecule has 1 aromatic carbocycles. The molecule has 2 aromatic rings. The number of hydrogen-bond acceptors (Lipinski definition) is 7. The minimum absolute atomic E-state index is 0.0785. The van der Waals surface area contributed by atoms with E-state index in [2.05, 4.69) is 15.1 Å². The summed E-state index contributed by atoms with van der Waals surface area (Å²) >= 11 is 0. The van der Waals surface area contributed by atoms with Gasteiger partial charge in [0.25, 0.3) is 0 Å². The number of nitriles is 1. The molecule has 1 aromatic heterocycles. The second-order valence-electron chi connectivity index (χ2n) is 4.89. The number of halogens is 1. The number of aromatic nitrogens is 2. The molecule has 138 valence electrons. The molecule has 1 N–H and O–H groups in total. The Balaban J connectivity index is 2.13. The first kappa shape index (κ1) is 19.8. The van der Waals surface area contributed by atoms with Gasteiger partial charge in [-0.1, -0.05) is 12.1 Å². The number of nitrogens with one attached hydrogen (secondary N) is 1. The van der Waals surface area contributed by atoms with Gasteiger partial charge in [0.2, 0.25) is 0 Å². The molecule has 0 fully saturated rings. The van der Waals surface area contributed by atoms with Crippen molar-refractivity contribution in [3.05, 3.63) is 47.4 Å². The third kappa shape index (κ3) is 5.49. The fourth-order valence-electron chi connectivity index (χ4n) is 1.95. The Labute approximate surface area is 150 Å². The van der Waals surface area contributed by atoms with Crippen molar-refractivity contribution in [2.24, 2.45) is 0 Å². The zero-order chi connectivity index (χ0) is 19.0. The van der Waals surface area contributed by atoms with Crippen molar-refractivity contribution >= 4 is 13.6 Å². The zero-order valence-electron chi connectivity index (χ0n) is 14.3. The maximum absolute atomic E-state index is 13.9. The van der Waals surface area contributed by atoms with Gasteiger partial charge in [-0.15, -0.1) is 0 Å². The molecular weight excluding hydrogens is 362 g/mol. The van der Waals surface area contributed by atoms with Gasteiger partial charge >= 0.3 is 13.8 Å². The average molecular weight is 380 g/mol. The van der Waals surface area contributed by atoms with Gasteiger partial charge in [-0.05, 0) is 31.5 Å². The Morgan fingerprint density at radius 3 is 2.69 bits per heavy atom. The molecule has 0 bridgehead atoms. The molecular formula is C16H18FN4O4P. The highest BCUT2D eigenvalue weighted by Crippen LogP contribution is 2.47. The molecule has 0 aliphatic rings. The van der Waals surface area contributed by atoms with Crippen molar-refractivity contribution < 1.29 is 22.7 Å². The van der Waals surface area contributed by atoms with Crippen LogP contribution in [-0.4, -0.2) is 23.2 Å². The van der Waals surface area contributed by atoms with Crippen molar-refractivity contribution in [2.45, 2.75) is 20.5 Å². The van der Waals surface area contributed by atoms with Crippen LogP contribution in [0, 0.1) is 17.1 Å². The van der Waals surface area contributed by atoms with Gasteiger partial charge in [0, 0.05) is 0 Å². The van der Waals surface area contributed by atoms with Crippen LogP contribution in [0.5, 0.6) is 6.01 Å². The summed E-state index contributed by atoms with van der Waals surface area (Å²) in [6.45, 7) is 3.56. The first-order valence-corrected chi connectivity index (χ1v) is 9.35. The molecule has 1 heterocycles. The van der Waals surface area contributed by atoms with E-state index in [9.17, 15) is 8.96 Å². The molecule has 0 aliphatic heterocycles. The Morgan fingerprint density at radius 1 is 1.31 bits per heavy atom.